The number of carboxylic acids is 1. The number of aromatic nitrogens is 1. The largest absolute Gasteiger partial charge is 0.476 e. The molecule has 2 rings (SSSR count). The van der Waals surface area contributed by atoms with Gasteiger partial charge in [0, 0.05) is 5.38 Å². The van der Waals surface area contributed by atoms with E-state index in [0.29, 0.717) is 11.6 Å². The Labute approximate surface area is 103 Å². The molecule has 1 aromatic rings. The van der Waals surface area contributed by atoms with Crippen LogP contribution in [0.5, 0.6) is 0 Å². The molecule has 94 valence electrons. The Bertz CT molecular complexity index is 551. The molecule has 0 saturated carbocycles. The molecule has 0 aliphatic carbocycles. The summed E-state index contributed by atoms with van der Waals surface area (Å²) in [4.78, 5) is 14.5. The summed E-state index contributed by atoms with van der Waals surface area (Å²) in [6.07, 6.45) is 0.511. The number of thiazole rings is 1. The van der Waals surface area contributed by atoms with Gasteiger partial charge in [-0.2, -0.15) is 0 Å². The lowest BCUT2D eigenvalue weighted by Crippen LogP contribution is -2.35. The summed E-state index contributed by atoms with van der Waals surface area (Å²) < 4.78 is 22.8. The van der Waals surface area contributed by atoms with E-state index in [1.54, 1.807) is 6.92 Å². The predicted octanol–water partition coefficient (Wildman–Crippen LogP) is 0.830. The van der Waals surface area contributed by atoms with Gasteiger partial charge in [0.15, 0.2) is 20.7 Å². The van der Waals surface area contributed by atoms with Crippen LogP contribution in [0, 0.1) is 0 Å². The van der Waals surface area contributed by atoms with Crippen LogP contribution in [-0.2, 0) is 9.84 Å². The van der Waals surface area contributed by atoms with Gasteiger partial charge in [0.05, 0.1) is 17.0 Å². The molecule has 0 bridgehead atoms. The molecule has 1 unspecified atom stereocenters. The molecule has 2 N–H and O–H groups in total. The summed E-state index contributed by atoms with van der Waals surface area (Å²) in [5.41, 5.74) is -0.575. The first kappa shape index (κ1) is 12.3. The predicted molar refractivity (Wildman–Crippen MR) is 64.4 cm³/mol. The summed E-state index contributed by atoms with van der Waals surface area (Å²) in [6, 6.07) is 0. The van der Waals surface area contributed by atoms with Gasteiger partial charge in [0.1, 0.15) is 0 Å². The number of anilines is 1. The minimum absolute atomic E-state index is 0.0260. The van der Waals surface area contributed by atoms with E-state index in [0.717, 1.165) is 0 Å². The highest BCUT2D eigenvalue weighted by molar-refractivity contribution is 7.91. The van der Waals surface area contributed by atoms with Crippen LogP contribution in [0.25, 0.3) is 0 Å². The molecule has 0 spiro atoms. The lowest BCUT2D eigenvalue weighted by atomic mass is 10.0. The van der Waals surface area contributed by atoms with Crippen molar-refractivity contribution in [3.8, 4) is 0 Å². The van der Waals surface area contributed by atoms with Gasteiger partial charge in [0.25, 0.3) is 0 Å². The molecule has 2 heterocycles. The van der Waals surface area contributed by atoms with Crippen LogP contribution in [-0.4, -0.2) is 41.5 Å². The molecule has 1 aliphatic heterocycles. The molecule has 1 atom stereocenters. The monoisotopic (exact) mass is 276 g/mol. The third-order valence-corrected chi connectivity index (χ3v) is 5.30. The number of carbonyl (C=O) groups is 1. The molecular weight excluding hydrogens is 264 g/mol. The quantitative estimate of drug-likeness (QED) is 0.849. The van der Waals surface area contributed by atoms with Crippen LogP contribution < -0.4 is 5.32 Å². The van der Waals surface area contributed by atoms with Crippen molar-refractivity contribution in [2.24, 2.45) is 0 Å². The minimum Gasteiger partial charge on any atom is -0.476 e. The number of nitrogens with zero attached hydrogens (tertiary/aromatic N) is 1. The highest BCUT2D eigenvalue weighted by Gasteiger charge is 2.38. The van der Waals surface area contributed by atoms with Crippen molar-refractivity contribution in [2.45, 2.75) is 18.9 Å². The fourth-order valence-corrected chi connectivity index (χ4v) is 4.72. The van der Waals surface area contributed by atoms with Gasteiger partial charge in [-0.1, -0.05) is 0 Å². The highest BCUT2D eigenvalue weighted by Crippen LogP contribution is 2.28. The maximum atomic E-state index is 11.4. The lowest BCUT2D eigenvalue weighted by molar-refractivity contribution is 0.0691. The van der Waals surface area contributed by atoms with Crippen LogP contribution in [0.15, 0.2) is 5.38 Å². The van der Waals surface area contributed by atoms with Crippen molar-refractivity contribution < 1.29 is 18.3 Å². The first-order valence-electron chi connectivity index (χ1n) is 4.97. The lowest BCUT2D eigenvalue weighted by Gasteiger charge is -2.23. The molecule has 1 aliphatic rings. The third-order valence-electron chi connectivity index (χ3n) is 2.64. The van der Waals surface area contributed by atoms with Gasteiger partial charge in [0.2, 0.25) is 0 Å². The fraction of sp³-hybridized carbons (Fsp3) is 0.556. The smallest absolute Gasteiger partial charge is 0.355 e. The zero-order valence-electron chi connectivity index (χ0n) is 9.13. The number of carboxylic acid groups (broad SMARTS) is 1. The molecular formula is C9H12N2O4S2. The van der Waals surface area contributed by atoms with Gasteiger partial charge in [-0.25, -0.2) is 18.2 Å². The summed E-state index contributed by atoms with van der Waals surface area (Å²) in [5.74, 6) is -0.867. The van der Waals surface area contributed by atoms with Crippen molar-refractivity contribution in [3.05, 3.63) is 11.1 Å². The molecule has 0 amide bonds. The highest BCUT2D eigenvalue weighted by atomic mass is 32.2. The summed E-state index contributed by atoms with van der Waals surface area (Å²) in [5, 5.41) is 13.6. The first-order chi connectivity index (χ1) is 7.80. The molecule has 1 saturated heterocycles. The van der Waals surface area contributed by atoms with E-state index in [1.165, 1.54) is 16.7 Å². The van der Waals surface area contributed by atoms with E-state index in [1.807, 2.05) is 0 Å². The summed E-state index contributed by atoms with van der Waals surface area (Å²) in [7, 11) is -2.99. The molecule has 0 aromatic carbocycles. The van der Waals surface area contributed by atoms with Gasteiger partial charge in [-0.3, -0.25) is 0 Å². The molecule has 1 aromatic heterocycles. The second-order valence-electron chi connectivity index (χ2n) is 4.37. The average Bonchev–Trinajstić information content (AvgIpc) is 2.72. The van der Waals surface area contributed by atoms with E-state index < -0.39 is 21.3 Å². The Morgan fingerprint density at radius 1 is 1.65 bits per heavy atom. The fourth-order valence-electron chi connectivity index (χ4n) is 1.80. The molecule has 17 heavy (non-hydrogen) atoms. The van der Waals surface area contributed by atoms with E-state index in [4.69, 9.17) is 5.11 Å². The second-order valence-corrected chi connectivity index (χ2v) is 7.41. The van der Waals surface area contributed by atoms with E-state index in [-0.39, 0.29) is 17.2 Å². The minimum atomic E-state index is -2.99. The van der Waals surface area contributed by atoms with Crippen LogP contribution in [0.2, 0.25) is 0 Å². The Balaban J connectivity index is 2.13. The molecule has 0 radical (unpaired) electrons. The number of nitrogens with one attached hydrogen (secondary N) is 1. The van der Waals surface area contributed by atoms with Crippen molar-refractivity contribution in [1.82, 2.24) is 4.98 Å². The van der Waals surface area contributed by atoms with Crippen LogP contribution >= 0.6 is 11.3 Å². The van der Waals surface area contributed by atoms with Crippen LogP contribution in [0.3, 0.4) is 0 Å². The number of aromatic carboxylic acids is 1. The number of hydrogen-bond acceptors (Lipinski definition) is 6. The number of rotatable bonds is 3. The average molecular weight is 276 g/mol. The summed E-state index contributed by atoms with van der Waals surface area (Å²) in [6.45, 7) is 1.80. The Morgan fingerprint density at radius 2 is 2.35 bits per heavy atom. The normalized spacial score (nSPS) is 26.9. The zero-order valence-corrected chi connectivity index (χ0v) is 10.8. The third kappa shape index (κ3) is 2.75. The number of sulfone groups is 1. The molecule has 8 heteroatoms. The van der Waals surface area contributed by atoms with Gasteiger partial charge in [-0.05, 0) is 13.3 Å². The second kappa shape index (κ2) is 3.95. The van der Waals surface area contributed by atoms with Gasteiger partial charge in [-0.15, -0.1) is 11.3 Å². The number of hydrogen-bond donors (Lipinski definition) is 2. The maximum absolute atomic E-state index is 11.4. The Morgan fingerprint density at radius 3 is 2.82 bits per heavy atom. The summed E-state index contributed by atoms with van der Waals surface area (Å²) >= 11 is 1.17. The van der Waals surface area contributed by atoms with Gasteiger partial charge < -0.3 is 10.4 Å². The van der Waals surface area contributed by atoms with Crippen molar-refractivity contribution in [3.63, 3.8) is 0 Å². The zero-order chi connectivity index (χ0) is 12.7. The van der Waals surface area contributed by atoms with Gasteiger partial charge >= 0.3 is 5.97 Å². The van der Waals surface area contributed by atoms with E-state index >= 15 is 0 Å². The Hall–Kier alpha value is -1.15. The standard InChI is InChI=1S/C9H12N2O4S2/c1-9(2-3-17(14,15)5-9)11-8-10-6(4-16-8)7(12)13/h4H,2-3,5H2,1H3,(H,10,11)(H,12,13). The molecule has 6 nitrogen and oxygen atoms in total. The van der Waals surface area contributed by atoms with Crippen molar-refractivity contribution in [2.75, 3.05) is 16.8 Å². The van der Waals surface area contributed by atoms with Crippen molar-refractivity contribution >= 4 is 32.3 Å². The van der Waals surface area contributed by atoms with Crippen molar-refractivity contribution in [1.29, 1.82) is 0 Å². The first-order valence-corrected chi connectivity index (χ1v) is 7.67. The Kier molecular flexibility index (Phi) is 2.86. The van der Waals surface area contributed by atoms with Crippen LogP contribution in [0.4, 0.5) is 5.13 Å². The topological polar surface area (TPSA) is 96.4 Å². The van der Waals surface area contributed by atoms with Crippen LogP contribution in [0.1, 0.15) is 23.8 Å². The van der Waals surface area contributed by atoms with E-state index in [2.05, 4.69) is 10.3 Å². The van der Waals surface area contributed by atoms with E-state index in [9.17, 15) is 13.2 Å². The maximum Gasteiger partial charge on any atom is 0.355 e. The molecule has 1 fully saturated rings. The SMILES string of the molecule is CC1(Nc2nc(C(=O)O)cs2)CCS(=O)(=O)C1.